The smallest absolute Gasteiger partial charge is 0.166 e. The molecule has 0 aliphatic carbocycles. The topological polar surface area (TPSA) is 30.5 Å². The zero-order valence-corrected chi connectivity index (χ0v) is 14.6. The van der Waals surface area contributed by atoms with Gasteiger partial charge in [-0.25, -0.2) is 0 Å². The monoisotopic (exact) mass is 313 g/mol. The molecule has 0 fully saturated rings. The second-order valence-electron chi connectivity index (χ2n) is 5.85. The quantitative estimate of drug-likeness (QED) is 0.780. The van der Waals surface area contributed by atoms with E-state index >= 15 is 0 Å². The van der Waals surface area contributed by atoms with Gasteiger partial charge in [0.15, 0.2) is 11.5 Å². The maximum absolute atomic E-state index is 6.13. The Morgan fingerprint density at radius 1 is 1.04 bits per heavy atom. The lowest BCUT2D eigenvalue weighted by Gasteiger charge is -2.18. The predicted octanol–water partition coefficient (Wildman–Crippen LogP) is 4.47. The van der Waals surface area contributed by atoms with Crippen LogP contribution >= 0.6 is 0 Å². The van der Waals surface area contributed by atoms with Gasteiger partial charge in [0.25, 0.3) is 0 Å². The molecule has 23 heavy (non-hydrogen) atoms. The number of aryl methyl sites for hydroxylation is 1. The summed E-state index contributed by atoms with van der Waals surface area (Å²) >= 11 is 0. The fourth-order valence-electron chi connectivity index (χ4n) is 2.38. The highest BCUT2D eigenvalue weighted by Crippen LogP contribution is 2.32. The predicted molar refractivity (Wildman–Crippen MR) is 95.1 cm³/mol. The number of ether oxygens (including phenoxy) is 2. The van der Waals surface area contributed by atoms with E-state index in [0.29, 0.717) is 12.6 Å². The van der Waals surface area contributed by atoms with Gasteiger partial charge in [-0.1, -0.05) is 43.3 Å². The maximum atomic E-state index is 6.13. The van der Waals surface area contributed by atoms with Crippen molar-refractivity contribution in [3.8, 4) is 11.5 Å². The van der Waals surface area contributed by atoms with Crippen LogP contribution in [0.1, 0.15) is 37.0 Å². The van der Waals surface area contributed by atoms with Gasteiger partial charge in [0.05, 0.1) is 7.11 Å². The Hall–Kier alpha value is -2.00. The number of benzene rings is 2. The van der Waals surface area contributed by atoms with E-state index in [9.17, 15) is 0 Å². The molecule has 1 N–H and O–H groups in total. The van der Waals surface area contributed by atoms with E-state index in [1.807, 2.05) is 24.3 Å². The van der Waals surface area contributed by atoms with E-state index in [4.69, 9.17) is 9.47 Å². The highest BCUT2D eigenvalue weighted by molar-refractivity contribution is 5.46. The zero-order valence-electron chi connectivity index (χ0n) is 14.6. The molecule has 3 heteroatoms. The number of hydrogen-bond acceptors (Lipinski definition) is 3. The van der Waals surface area contributed by atoms with Gasteiger partial charge in [-0.3, -0.25) is 0 Å². The van der Waals surface area contributed by atoms with Gasteiger partial charge in [0.1, 0.15) is 6.61 Å². The summed E-state index contributed by atoms with van der Waals surface area (Å²) in [4.78, 5) is 0. The van der Waals surface area contributed by atoms with Crippen LogP contribution in [0.2, 0.25) is 0 Å². The molecule has 0 saturated heterocycles. The standard InChI is InChI=1S/C20H27NO2/c1-5-16(3)21-13-17-11-8-12-19(22-4)20(17)23-14-18-10-7-6-9-15(18)2/h6-12,16,21H,5,13-14H2,1-4H3. The summed E-state index contributed by atoms with van der Waals surface area (Å²) in [5.74, 6) is 1.61. The largest absolute Gasteiger partial charge is 0.493 e. The summed E-state index contributed by atoms with van der Waals surface area (Å²) in [5, 5.41) is 3.51. The van der Waals surface area contributed by atoms with Crippen LogP contribution < -0.4 is 14.8 Å². The number of para-hydroxylation sites is 1. The summed E-state index contributed by atoms with van der Waals surface area (Å²) in [6.07, 6.45) is 1.10. The summed E-state index contributed by atoms with van der Waals surface area (Å²) in [5.41, 5.74) is 3.55. The highest BCUT2D eigenvalue weighted by Gasteiger charge is 2.12. The molecule has 0 heterocycles. The first-order chi connectivity index (χ1) is 11.2. The van der Waals surface area contributed by atoms with E-state index < -0.39 is 0 Å². The fourth-order valence-corrected chi connectivity index (χ4v) is 2.38. The molecule has 0 radical (unpaired) electrons. The Morgan fingerprint density at radius 2 is 1.78 bits per heavy atom. The van der Waals surface area contributed by atoms with E-state index in [2.05, 4.69) is 44.3 Å². The Bertz CT molecular complexity index is 625. The van der Waals surface area contributed by atoms with Crippen LogP contribution in [0.25, 0.3) is 0 Å². The first kappa shape index (κ1) is 17.4. The average molecular weight is 313 g/mol. The van der Waals surface area contributed by atoms with Gasteiger partial charge < -0.3 is 14.8 Å². The van der Waals surface area contributed by atoms with Gasteiger partial charge >= 0.3 is 0 Å². The molecule has 0 aliphatic rings. The van der Waals surface area contributed by atoms with Crippen LogP contribution in [0.3, 0.4) is 0 Å². The molecule has 0 aliphatic heterocycles. The summed E-state index contributed by atoms with van der Waals surface area (Å²) < 4.78 is 11.6. The SMILES string of the molecule is CCC(C)NCc1cccc(OC)c1OCc1ccccc1C. The summed E-state index contributed by atoms with van der Waals surface area (Å²) in [6, 6.07) is 14.8. The number of methoxy groups -OCH3 is 1. The van der Waals surface area contributed by atoms with Gasteiger partial charge in [-0.05, 0) is 37.5 Å². The number of rotatable bonds is 8. The van der Waals surface area contributed by atoms with Gasteiger partial charge in [0.2, 0.25) is 0 Å². The molecule has 3 nitrogen and oxygen atoms in total. The van der Waals surface area contributed by atoms with E-state index in [-0.39, 0.29) is 0 Å². The number of nitrogens with one attached hydrogen (secondary N) is 1. The molecule has 124 valence electrons. The average Bonchev–Trinajstić information content (AvgIpc) is 2.59. The van der Waals surface area contributed by atoms with Gasteiger partial charge in [-0.15, -0.1) is 0 Å². The Kier molecular flexibility index (Phi) is 6.48. The zero-order chi connectivity index (χ0) is 16.7. The lowest BCUT2D eigenvalue weighted by molar-refractivity contribution is 0.279. The minimum atomic E-state index is 0.477. The Morgan fingerprint density at radius 3 is 2.48 bits per heavy atom. The van der Waals surface area contributed by atoms with Crippen molar-refractivity contribution < 1.29 is 9.47 Å². The second kappa shape index (κ2) is 8.59. The minimum Gasteiger partial charge on any atom is -0.493 e. The third-order valence-electron chi connectivity index (χ3n) is 4.17. The molecule has 2 aromatic carbocycles. The van der Waals surface area contributed by atoms with Crippen molar-refractivity contribution >= 4 is 0 Å². The van der Waals surface area contributed by atoms with E-state index in [0.717, 1.165) is 30.0 Å². The first-order valence-corrected chi connectivity index (χ1v) is 8.22. The minimum absolute atomic E-state index is 0.477. The van der Waals surface area contributed by atoms with Crippen molar-refractivity contribution in [2.75, 3.05) is 7.11 Å². The van der Waals surface area contributed by atoms with Crippen molar-refractivity contribution in [1.82, 2.24) is 5.32 Å². The van der Waals surface area contributed by atoms with Crippen molar-refractivity contribution in [2.45, 2.75) is 46.4 Å². The summed E-state index contributed by atoms with van der Waals surface area (Å²) in [7, 11) is 1.68. The van der Waals surface area contributed by atoms with Crippen molar-refractivity contribution in [3.63, 3.8) is 0 Å². The molecule has 0 spiro atoms. The number of hydrogen-bond donors (Lipinski definition) is 1. The normalized spacial score (nSPS) is 12.0. The molecule has 0 bridgehead atoms. The van der Waals surface area contributed by atoms with Crippen LogP contribution in [0, 0.1) is 6.92 Å². The summed E-state index contributed by atoms with van der Waals surface area (Å²) in [6.45, 7) is 7.79. The lowest BCUT2D eigenvalue weighted by atomic mass is 10.1. The van der Waals surface area contributed by atoms with Crippen LogP contribution in [0.15, 0.2) is 42.5 Å². The third-order valence-corrected chi connectivity index (χ3v) is 4.17. The van der Waals surface area contributed by atoms with Crippen LogP contribution in [0.4, 0.5) is 0 Å². The van der Waals surface area contributed by atoms with Crippen LogP contribution in [0.5, 0.6) is 11.5 Å². The molecule has 2 aromatic rings. The molecular weight excluding hydrogens is 286 g/mol. The lowest BCUT2D eigenvalue weighted by Crippen LogP contribution is -2.24. The van der Waals surface area contributed by atoms with E-state index in [1.165, 1.54) is 11.1 Å². The van der Waals surface area contributed by atoms with Crippen LogP contribution in [-0.2, 0) is 13.2 Å². The molecule has 0 saturated carbocycles. The highest BCUT2D eigenvalue weighted by atomic mass is 16.5. The van der Waals surface area contributed by atoms with Crippen molar-refractivity contribution in [1.29, 1.82) is 0 Å². The first-order valence-electron chi connectivity index (χ1n) is 8.22. The van der Waals surface area contributed by atoms with Gasteiger partial charge in [-0.2, -0.15) is 0 Å². The molecule has 1 unspecified atom stereocenters. The maximum Gasteiger partial charge on any atom is 0.166 e. The Balaban J connectivity index is 2.16. The fraction of sp³-hybridized carbons (Fsp3) is 0.400. The molecular formula is C20H27NO2. The van der Waals surface area contributed by atoms with Crippen LogP contribution in [-0.4, -0.2) is 13.2 Å². The van der Waals surface area contributed by atoms with Crippen molar-refractivity contribution in [2.24, 2.45) is 0 Å². The van der Waals surface area contributed by atoms with Crippen molar-refractivity contribution in [3.05, 3.63) is 59.2 Å². The second-order valence-corrected chi connectivity index (χ2v) is 5.85. The molecule has 2 rings (SSSR count). The third kappa shape index (κ3) is 4.73. The van der Waals surface area contributed by atoms with Gasteiger partial charge in [0, 0.05) is 18.2 Å². The molecule has 0 aromatic heterocycles. The molecule has 0 amide bonds. The van der Waals surface area contributed by atoms with E-state index in [1.54, 1.807) is 7.11 Å². The molecule has 1 atom stereocenters. The Labute approximate surface area is 139 Å².